The van der Waals surface area contributed by atoms with E-state index in [4.69, 9.17) is 0 Å². The summed E-state index contributed by atoms with van der Waals surface area (Å²) in [6, 6.07) is 3.44. The zero-order valence-electron chi connectivity index (χ0n) is 13.8. The molecule has 25 heavy (non-hydrogen) atoms. The molecule has 2 N–H and O–H groups in total. The van der Waals surface area contributed by atoms with Crippen LogP contribution in [0.3, 0.4) is 0 Å². The Balaban J connectivity index is 1.52. The van der Waals surface area contributed by atoms with E-state index in [1.807, 2.05) is 0 Å². The molecule has 0 radical (unpaired) electrons. The summed E-state index contributed by atoms with van der Waals surface area (Å²) < 4.78 is 0. The highest BCUT2D eigenvalue weighted by atomic mass is 32.1. The minimum Gasteiger partial charge on any atom is -0.328 e. The molecule has 0 bridgehead atoms. The number of amides is 2. The summed E-state index contributed by atoms with van der Waals surface area (Å²) in [5.74, 6) is -0.357. The molecular weight excluding hydrogens is 340 g/mol. The van der Waals surface area contributed by atoms with Gasteiger partial charge in [0.2, 0.25) is 11.9 Å². The number of H-pyrrole nitrogens is 1. The van der Waals surface area contributed by atoms with Gasteiger partial charge >= 0.3 is 0 Å². The molecule has 7 nitrogen and oxygen atoms in total. The number of thiophene rings is 1. The van der Waals surface area contributed by atoms with Crippen molar-refractivity contribution in [2.24, 2.45) is 0 Å². The molecule has 2 aliphatic rings. The predicted octanol–water partition coefficient (Wildman–Crippen LogP) is 1.52. The van der Waals surface area contributed by atoms with Crippen LogP contribution in [0.2, 0.25) is 0 Å². The van der Waals surface area contributed by atoms with E-state index in [1.165, 1.54) is 34.0 Å². The van der Waals surface area contributed by atoms with Crippen molar-refractivity contribution in [2.75, 3.05) is 18.4 Å². The van der Waals surface area contributed by atoms with Crippen molar-refractivity contribution >= 4 is 29.1 Å². The number of aryl methyl sites for hydroxylation is 1. The van der Waals surface area contributed by atoms with Gasteiger partial charge in [-0.05, 0) is 30.9 Å². The van der Waals surface area contributed by atoms with Crippen LogP contribution in [-0.4, -0.2) is 39.8 Å². The van der Waals surface area contributed by atoms with Gasteiger partial charge in [-0.2, -0.15) is 0 Å². The normalized spacial score (nSPS) is 17.5. The third-order valence-corrected chi connectivity index (χ3v) is 6.06. The van der Waals surface area contributed by atoms with Gasteiger partial charge in [-0.3, -0.25) is 24.7 Å². The second-order valence-corrected chi connectivity index (χ2v) is 7.72. The molecule has 0 unspecified atom stereocenters. The zero-order valence-corrected chi connectivity index (χ0v) is 14.6. The number of aromatic amines is 1. The molecular formula is C17H18N4O3S. The van der Waals surface area contributed by atoms with Crippen molar-refractivity contribution in [2.45, 2.75) is 31.6 Å². The van der Waals surface area contributed by atoms with Crippen LogP contribution >= 0.6 is 11.3 Å². The van der Waals surface area contributed by atoms with Crippen molar-refractivity contribution in [3.05, 3.63) is 44.0 Å². The van der Waals surface area contributed by atoms with Gasteiger partial charge < -0.3 is 4.90 Å². The van der Waals surface area contributed by atoms with Crippen LogP contribution in [-0.2, 0) is 16.6 Å². The topological polar surface area (TPSA) is 95.2 Å². The lowest BCUT2D eigenvalue weighted by Gasteiger charge is -2.32. The maximum absolute atomic E-state index is 12.8. The summed E-state index contributed by atoms with van der Waals surface area (Å²) in [4.78, 5) is 46.3. The largest absolute Gasteiger partial charge is 0.328 e. The third kappa shape index (κ3) is 2.86. The second-order valence-electron chi connectivity index (χ2n) is 6.58. The Morgan fingerprint density at radius 2 is 2.24 bits per heavy atom. The van der Waals surface area contributed by atoms with Crippen molar-refractivity contribution in [1.29, 1.82) is 0 Å². The SMILES string of the molecule is CCc1cc2c(s1)C(=O)N(CC(=O)Nc1nccc(=O)[nH]1)CC21CC1. The van der Waals surface area contributed by atoms with Crippen molar-refractivity contribution in [3.63, 3.8) is 0 Å². The average molecular weight is 358 g/mol. The summed E-state index contributed by atoms with van der Waals surface area (Å²) in [6.45, 7) is 2.61. The van der Waals surface area contributed by atoms with Crippen LogP contribution in [0, 0.1) is 0 Å². The first kappa shape index (κ1) is 16.0. The van der Waals surface area contributed by atoms with Gasteiger partial charge in [-0.15, -0.1) is 11.3 Å². The highest BCUT2D eigenvalue weighted by molar-refractivity contribution is 7.14. The molecule has 0 aromatic carbocycles. The van der Waals surface area contributed by atoms with E-state index in [-0.39, 0.29) is 35.3 Å². The molecule has 8 heteroatoms. The zero-order chi connectivity index (χ0) is 17.6. The first-order chi connectivity index (χ1) is 12.0. The summed E-state index contributed by atoms with van der Waals surface area (Å²) in [5.41, 5.74) is 0.865. The smallest absolute Gasteiger partial charge is 0.264 e. The number of nitrogens with zero attached hydrogens (tertiary/aromatic N) is 2. The van der Waals surface area contributed by atoms with Crippen molar-refractivity contribution in [3.8, 4) is 0 Å². The molecule has 2 aromatic rings. The highest BCUT2D eigenvalue weighted by Gasteiger charge is 2.52. The van der Waals surface area contributed by atoms with Gasteiger partial charge in [0.25, 0.3) is 11.5 Å². The lowest BCUT2D eigenvalue weighted by molar-refractivity contribution is -0.117. The molecule has 1 fully saturated rings. The highest BCUT2D eigenvalue weighted by Crippen LogP contribution is 2.54. The van der Waals surface area contributed by atoms with E-state index in [0.29, 0.717) is 6.54 Å². The Bertz CT molecular complexity index is 913. The first-order valence-electron chi connectivity index (χ1n) is 8.28. The Labute approximate surface area is 148 Å². The van der Waals surface area contributed by atoms with E-state index < -0.39 is 0 Å². The molecule has 0 saturated heterocycles. The molecule has 1 saturated carbocycles. The standard InChI is InChI=1S/C17H18N4O3S/c1-2-10-7-11-14(25-10)15(24)21(9-17(11)4-5-17)8-13(23)20-16-18-6-3-12(22)19-16/h3,6-7H,2,4-5,8-9H2,1H3,(H2,18,19,20,22,23). The van der Waals surface area contributed by atoms with Crippen LogP contribution in [0.15, 0.2) is 23.1 Å². The maximum Gasteiger partial charge on any atom is 0.264 e. The van der Waals surface area contributed by atoms with Gasteiger partial charge in [0.05, 0.1) is 4.88 Å². The first-order valence-corrected chi connectivity index (χ1v) is 9.10. The summed E-state index contributed by atoms with van der Waals surface area (Å²) >= 11 is 1.54. The molecule has 3 heterocycles. The van der Waals surface area contributed by atoms with E-state index in [0.717, 1.165) is 24.1 Å². The van der Waals surface area contributed by atoms with E-state index in [1.54, 1.807) is 4.90 Å². The number of carbonyl (C=O) groups excluding carboxylic acids is 2. The molecule has 1 aliphatic carbocycles. The number of nitrogens with one attached hydrogen (secondary N) is 2. The molecule has 1 aliphatic heterocycles. The van der Waals surface area contributed by atoms with Gasteiger partial charge in [0, 0.05) is 29.1 Å². The van der Waals surface area contributed by atoms with Crippen molar-refractivity contribution < 1.29 is 9.59 Å². The molecule has 2 amide bonds. The quantitative estimate of drug-likeness (QED) is 0.866. The Morgan fingerprint density at radius 3 is 2.92 bits per heavy atom. The lowest BCUT2D eigenvalue weighted by Crippen LogP contribution is -2.46. The van der Waals surface area contributed by atoms with Gasteiger partial charge in [0.15, 0.2) is 0 Å². The number of carbonyl (C=O) groups is 2. The van der Waals surface area contributed by atoms with Crippen LogP contribution in [0.25, 0.3) is 0 Å². The molecule has 2 aromatic heterocycles. The fourth-order valence-electron chi connectivity index (χ4n) is 3.32. The summed E-state index contributed by atoms with van der Waals surface area (Å²) in [7, 11) is 0. The fourth-order valence-corrected chi connectivity index (χ4v) is 4.50. The maximum atomic E-state index is 12.8. The predicted molar refractivity (Wildman–Crippen MR) is 94.0 cm³/mol. The van der Waals surface area contributed by atoms with Crippen LogP contribution < -0.4 is 10.9 Å². The van der Waals surface area contributed by atoms with E-state index >= 15 is 0 Å². The van der Waals surface area contributed by atoms with Crippen molar-refractivity contribution in [1.82, 2.24) is 14.9 Å². The number of rotatable bonds is 4. The van der Waals surface area contributed by atoms with Gasteiger partial charge in [-0.25, -0.2) is 4.98 Å². The van der Waals surface area contributed by atoms with Crippen LogP contribution in [0.1, 0.15) is 39.9 Å². The Morgan fingerprint density at radius 1 is 1.44 bits per heavy atom. The molecule has 1 spiro atoms. The molecule has 130 valence electrons. The van der Waals surface area contributed by atoms with Crippen LogP contribution in [0.4, 0.5) is 5.95 Å². The number of aromatic nitrogens is 2. The number of hydrogen-bond acceptors (Lipinski definition) is 5. The summed E-state index contributed by atoms with van der Waals surface area (Å²) in [5, 5.41) is 2.54. The van der Waals surface area contributed by atoms with E-state index in [2.05, 4.69) is 28.3 Å². The lowest BCUT2D eigenvalue weighted by atomic mass is 9.91. The Hall–Kier alpha value is -2.48. The fraction of sp³-hybridized carbons (Fsp3) is 0.412. The van der Waals surface area contributed by atoms with Gasteiger partial charge in [-0.1, -0.05) is 6.92 Å². The molecule has 4 rings (SSSR count). The summed E-state index contributed by atoms with van der Waals surface area (Å²) in [6.07, 6.45) is 4.34. The minimum absolute atomic E-state index is 0.0345. The monoisotopic (exact) mass is 358 g/mol. The third-order valence-electron chi connectivity index (χ3n) is 4.79. The minimum atomic E-state index is -0.366. The number of hydrogen-bond donors (Lipinski definition) is 2. The Kier molecular flexibility index (Phi) is 3.72. The average Bonchev–Trinajstić information content (AvgIpc) is 3.19. The number of fused-ring (bicyclic) bond motifs is 2. The molecule has 0 atom stereocenters. The van der Waals surface area contributed by atoms with Gasteiger partial charge in [0.1, 0.15) is 6.54 Å². The number of anilines is 1. The second kappa shape index (κ2) is 5.80. The van der Waals surface area contributed by atoms with E-state index in [9.17, 15) is 14.4 Å². The van der Waals surface area contributed by atoms with Crippen LogP contribution in [0.5, 0.6) is 0 Å².